The second-order valence-electron chi connectivity index (χ2n) is 13.3. The van der Waals surface area contributed by atoms with Crippen LogP contribution >= 0.6 is 23.2 Å². The second-order valence-corrected chi connectivity index (χ2v) is 14.0. The molecule has 6 rings (SSSR count). The zero-order valence-corrected chi connectivity index (χ0v) is 30.0. The van der Waals surface area contributed by atoms with Gasteiger partial charge in [0.15, 0.2) is 0 Å². The van der Waals surface area contributed by atoms with Crippen LogP contribution in [0.3, 0.4) is 0 Å². The molecule has 2 aliphatic rings. The standard InChI is InChI=1S/C39H44Cl2N4O4/c1-23(2)17-36(47)45-16-15-24-18-26(19-34(48-3)32(24)22-45)28-7-5-8-29(37(28)40)30-9-6-10-31(38(30)41)33-13-11-25(39(44-33)49-4)20-42-21-27-12-14-35(46)43-27/h5-11,13,18-19,23,27,36,42,47H,12,14-17,20-22H2,1-4H3,(H,43,46)/t27-,36?/m1/s1. The van der Waals surface area contributed by atoms with Crippen molar-refractivity contribution in [2.24, 2.45) is 5.92 Å². The quantitative estimate of drug-likeness (QED) is 0.141. The van der Waals surface area contributed by atoms with Gasteiger partial charge in [0.1, 0.15) is 12.0 Å². The van der Waals surface area contributed by atoms with E-state index >= 15 is 0 Å². The molecular weight excluding hydrogens is 659 g/mol. The zero-order chi connectivity index (χ0) is 34.7. The summed E-state index contributed by atoms with van der Waals surface area (Å²) < 4.78 is 11.6. The van der Waals surface area contributed by atoms with Gasteiger partial charge in [0, 0.05) is 72.0 Å². The Bertz CT molecular complexity index is 1810. The molecule has 1 amide bonds. The summed E-state index contributed by atoms with van der Waals surface area (Å²) in [6.45, 7) is 6.92. The minimum absolute atomic E-state index is 0.104. The summed E-state index contributed by atoms with van der Waals surface area (Å²) >= 11 is 14.3. The molecule has 0 radical (unpaired) electrons. The van der Waals surface area contributed by atoms with Crippen LogP contribution in [0, 0.1) is 5.92 Å². The van der Waals surface area contributed by atoms with Gasteiger partial charge in [-0.05, 0) is 48.4 Å². The first-order chi connectivity index (χ1) is 23.7. The van der Waals surface area contributed by atoms with Gasteiger partial charge in [-0.3, -0.25) is 9.69 Å². The number of aliphatic hydroxyl groups is 1. The van der Waals surface area contributed by atoms with Crippen molar-refractivity contribution in [3.63, 3.8) is 0 Å². The Morgan fingerprint density at radius 1 is 0.980 bits per heavy atom. The van der Waals surface area contributed by atoms with Gasteiger partial charge in [-0.1, -0.05) is 85.6 Å². The maximum absolute atomic E-state index is 11.5. The molecule has 49 heavy (non-hydrogen) atoms. The molecule has 0 aliphatic carbocycles. The monoisotopic (exact) mass is 702 g/mol. The van der Waals surface area contributed by atoms with Crippen LogP contribution < -0.4 is 20.1 Å². The van der Waals surface area contributed by atoms with Gasteiger partial charge in [-0.2, -0.15) is 0 Å². The predicted molar refractivity (Wildman–Crippen MR) is 196 cm³/mol. The molecule has 8 nitrogen and oxygen atoms in total. The lowest BCUT2D eigenvalue weighted by Gasteiger charge is -2.34. The Morgan fingerprint density at radius 3 is 2.37 bits per heavy atom. The Hall–Kier alpha value is -3.66. The van der Waals surface area contributed by atoms with E-state index in [0.29, 0.717) is 53.6 Å². The summed E-state index contributed by atoms with van der Waals surface area (Å²) in [7, 11) is 3.30. The SMILES string of the molecule is COc1cc(-c2cccc(-c3cccc(-c4ccc(CNC[C@H]5CCC(=O)N5)c(OC)n4)c3Cl)c2Cl)cc2c1CN(C(O)CC(C)C)CC2. The molecule has 0 bridgehead atoms. The number of aliphatic hydroxyl groups excluding tert-OH is 1. The lowest BCUT2D eigenvalue weighted by Crippen LogP contribution is -2.40. The molecule has 0 saturated carbocycles. The van der Waals surface area contributed by atoms with Crippen LogP contribution in [-0.2, 0) is 24.3 Å². The molecule has 2 atom stereocenters. The summed E-state index contributed by atoms with van der Waals surface area (Å²) in [5.41, 5.74) is 8.16. The van der Waals surface area contributed by atoms with Crippen molar-refractivity contribution in [3.8, 4) is 45.1 Å². The number of hydrogen-bond donors (Lipinski definition) is 3. The number of halogens is 2. The number of nitrogens with one attached hydrogen (secondary N) is 2. The van der Waals surface area contributed by atoms with Crippen molar-refractivity contribution in [2.45, 2.75) is 64.9 Å². The normalized spacial score (nSPS) is 16.8. The minimum atomic E-state index is -0.478. The summed E-state index contributed by atoms with van der Waals surface area (Å²) in [4.78, 5) is 18.5. The molecule has 3 aromatic carbocycles. The fourth-order valence-corrected chi connectivity index (χ4v) is 7.52. The molecule has 3 N–H and O–H groups in total. The van der Waals surface area contributed by atoms with Crippen LogP contribution in [0.1, 0.15) is 49.8 Å². The Labute approximate surface area is 298 Å². The lowest BCUT2D eigenvalue weighted by atomic mass is 9.91. The number of hydrogen-bond acceptors (Lipinski definition) is 7. The predicted octanol–water partition coefficient (Wildman–Crippen LogP) is 7.50. The molecule has 1 saturated heterocycles. The zero-order valence-electron chi connectivity index (χ0n) is 28.5. The van der Waals surface area contributed by atoms with Gasteiger partial charge in [-0.25, -0.2) is 4.98 Å². The summed E-state index contributed by atoms with van der Waals surface area (Å²) in [5.74, 6) is 1.82. The first-order valence-corrected chi connectivity index (χ1v) is 17.7. The number of ether oxygens (including phenoxy) is 2. The highest BCUT2D eigenvalue weighted by Crippen LogP contribution is 2.44. The van der Waals surface area contributed by atoms with Gasteiger partial charge in [0.2, 0.25) is 11.8 Å². The lowest BCUT2D eigenvalue weighted by molar-refractivity contribution is -0.119. The average Bonchev–Trinajstić information content (AvgIpc) is 3.52. The smallest absolute Gasteiger partial charge is 0.220 e. The van der Waals surface area contributed by atoms with Crippen molar-refractivity contribution >= 4 is 29.1 Å². The molecule has 1 unspecified atom stereocenters. The number of benzene rings is 3. The van der Waals surface area contributed by atoms with E-state index in [9.17, 15) is 9.90 Å². The molecule has 1 fully saturated rings. The first kappa shape index (κ1) is 35.2. The van der Waals surface area contributed by atoms with Gasteiger partial charge in [-0.15, -0.1) is 0 Å². The highest BCUT2D eigenvalue weighted by molar-refractivity contribution is 6.39. The third-order valence-electron chi connectivity index (χ3n) is 9.45. The van der Waals surface area contributed by atoms with Crippen molar-refractivity contribution in [1.82, 2.24) is 20.5 Å². The van der Waals surface area contributed by atoms with Crippen LogP contribution in [0.5, 0.6) is 11.6 Å². The van der Waals surface area contributed by atoms with Crippen LogP contribution in [0.4, 0.5) is 0 Å². The third-order valence-corrected chi connectivity index (χ3v) is 10.3. The van der Waals surface area contributed by atoms with Crippen molar-refractivity contribution in [3.05, 3.63) is 87.4 Å². The summed E-state index contributed by atoms with van der Waals surface area (Å²) in [6, 6.07) is 20.2. The van der Waals surface area contributed by atoms with Crippen LogP contribution in [0.25, 0.3) is 33.5 Å². The van der Waals surface area contributed by atoms with Crippen molar-refractivity contribution in [2.75, 3.05) is 27.3 Å². The van der Waals surface area contributed by atoms with Crippen LogP contribution in [0.15, 0.2) is 60.7 Å². The van der Waals surface area contributed by atoms with E-state index in [4.69, 9.17) is 37.7 Å². The van der Waals surface area contributed by atoms with Gasteiger partial charge < -0.3 is 25.2 Å². The van der Waals surface area contributed by atoms with Crippen LogP contribution in [0.2, 0.25) is 10.0 Å². The third kappa shape index (κ3) is 7.74. The van der Waals surface area contributed by atoms with Crippen molar-refractivity contribution in [1.29, 1.82) is 0 Å². The molecule has 2 aliphatic heterocycles. The Kier molecular flexibility index (Phi) is 11.1. The molecule has 258 valence electrons. The average molecular weight is 704 g/mol. The Morgan fingerprint density at radius 2 is 1.69 bits per heavy atom. The van der Waals surface area contributed by atoms with E-state index in [-0.39, 0.29) is 11.9 Å². The van der Waals surface area contributed by atoms with E-state index in [1.54, 1.807) is 14.2 Å². The van der Waals surface area contributed by atoms with E-state index in [0.717, 1.165) is 70.5 Å². The number of nitrogens with zero attached hydrogens (tertiary/aromatic N) is 2. The largest absolute Gasteiger partial charge is 0.496 e. The Balaban J connectivity index is 1.26. The number of pyridine rings is 1. The highest BCUT2D eigenvalue weighted by Gasteiger charge is 2.27. The van der Waals surface area contributed by atoms with E-state index in [1.807, 2.05) is 54.6 Å². The number of fused-ring (bicyclic) bond motifs is 1. The molecular formula is C39H44Cl2N4O4. The van der Waals surface area contributed by atoms with E-state index < -0.39 is 6.23 Å². The number of methoxy groups -OCH3 is 2. The van der Waals surface area contributed by atoms with Gasteiger partial charge in [0.05, 0.1) is 30.0 Å². The van der Waals surface area contributed by atoms with Crippen molar-refractivity contribution < 1.29 is 19.4 Å². The fraction of sp³-hybridized carbons (Fsp3) is 0.385. The molecule has 10 heteroatoms. The van der Waals surface area contributed by atoms with Gasteiger partial charge in [0.25, 0.3) is 0 Å². The number of amides is 1. The van der Waals surface area contributed by atoms with E-state index in [1.165, 1.54) is 5.56 Å². The van der Waals surface area contributed by atoms with Crippen LogP contribution in [-0.4, -0.2) is 60.5 Å². The topological polar surface area (TPSA) is 96.0 Å². The summed E-state index contributed by atoms with van der Waals surface area (Å²) in [5, 5.41) is 18.3. The second kappa shape index (κ2) is 15.5. The number of aromatic nitrogens is 1. The molecule has 0 spiro atoms. The number of carbonyl (C=O) groups is 1. The number of carbonyl (C=O) groups excluding carboxylic acids is 1. The summed E-state index contributed by atoms with van der Waals surface area (Å²) in [6.07, 6.45) is 2.48. The molecule has 3 heterocycles. The molecule has 4 aromatic rings. The van der Waals surface area contributed by atoms with E-state index in [2.05, 4.69) is 35.4 Å². The maximum Gasteiger partial charge on any atom is 0.220 e. The number of rotatable bonds is 12. The first-order valence-electron chi connectivity index (χ1n) is 16.9. The highest BCUT2D eigenvalue weighted by atomic mass is 35.5. The van der Waals surface area contributed by atoms with Gasteiger partial charge >= 0.3 is 0 Å². The minimum Gasteiger partial charge on any atom is -0.496 e. The fourth-order valence-electron chi connectivity index (χ4n) is 6.86. The molecule has 1 aromatic heterocycles. The maximum atomic E-state index is 11.5.